The van der Waals surface area contributed by atoms with Gasteiger partial charge in [-0.05, 0) is 20.8 Å². The van der Waals surface area contributed by atoms with E-state index >= 15 is 0 Å². The zero-order valence-corrected chi connectivity index (χ0v) is 9.03. The molecular formula is C10H14O5. The average Bonchev–Trinajstić information content (AvgIpc) is 2.14. The number of hydrogen-bond acceptors (Lipinski definition) is 5. The summed E-state index contributed by atoms with van der Waals surface area (Å²) in [4.78, 5) is 33.2. The van der Waals surface area contributed by atoms with Gasteiger partial charge in [0.15, 0.2) is 5.78 Å². The Morgan fingerprint density at radius 1 is 1.07 bits per heavy atom. The quantitative estimate of drug-likeness (QED) is 0.290. The summed E-state index contributed by atoms with van der Waals surface area (Å²) in [7, 11) is 0. The van der Waals surface area contributed by atoms with Crippen molar-refractivity contribution in [1.82, 2.24) is 0 Å². The summed E-state index contributed by atoms with van der Waals surface area (Å²) in [6, 6.07) is 0. The van der Waals surface area contributed by atoms with Crippen LogP contribution in [0.2, 0.25) is 0 Å². The van der Waals surface area contributed by atoms with E-state index in [1.54, 1.807) is 13.8 Å². The fourth-order valence-electron chi connectivity index (χ4n) is 0.815. The van der Waals surface area contributed by atoms with E-state index in [1.807, 2.05) is 0 Å². The highest BCUT2D eigenvalue weighted by Crippen LogP contribution is 2.01. The number of carbonyl (C=O) groups is 3. The Bertz CT molecular complexity index is 290. The fraction of sp³-hybridized carbons (Fsp3) is 0.500. The lowest BCUT2D eigenvalue weighted by atomic mass is 10.2. The van der Waals surface area contributed by atoms with Crippen LogP contribution in [0.25, 0.3) is 0 Å². The third kappa shape index (κ3) is 4.95. The number of Topliss-reactive ketones (excluding diaryl/α,β-unsaturated/α-hetero) is 1. The molecule has 0 radical (unpaired) electrons. The molecule has 0 aromatic carbocycles. The molecule has 0 spiro atoms. The summed E-state index contributed by atoms with van der Waals surface area (Å²) in [5.41, 5.74) is -0.296. The zero-order chi connectivity index (χ0) is 11.8. The third-order valence-corrected chi connectivity index (χ3v) is 1.42. The topological polar surface area (TPSA) is 69.7 Å². The van der Waals surface area contributed by atoms with Gasteiger partial charge in [-0.1, -0.05) is 0 Å². The molecule has 5 heteroatoms. The predicted octanol–water partition coefficient (Wildman–Crippen LogP) is 0.628. The van der Waals surface area contributed by atoms with E-state index in [4.69, 9.17) is 0 Å². The van der Waals surface area contributed by atoms with Gasteiger partial charge in [-0.2, -0.15) is 0 Å². The molecule has 0 amide bonds. The summed E-state index contributed by atoms with van der Waals surface area (Å²) in [6.07, 6.45) is 0.851. The van der Waals surface area contributed by atoms with Crippen LogP contribution in [0.3, 0.4) is 0 Å². The maximum atomic E-state index is 11.2. The Labute approximate surface area is 88.0 Å². The molecule has 0 saturated heterocycles. The van der Waals surface area contributed by atoms with E-state index in [0.717, 1.165) is 6.08 Å². The lowest BCUT2D eigenvalue weighted by Gasteiger charge is -2.03. The van der Waals surface area contributed by atoms with Crippen molar-refractivity contribution < 1.29 is 23.9 Å². The minimum absolute atomic E-state index is 0.145. The molecule has 0 aromatic heterocycles. The van der Waals surface area contributed by atoms with Crippen LogP contribution in [-0.4, -0.2) is 30.9 Å². The van der Waals surface area contributed by atoms with Crippen LogP contribution in [-0.2, 0) is 23.9 Å². The Morgan fingerprint density at radius 3 is 2.00 bits per heavy atom. The van der Waals surface area contributed by atoms with Crippen molar-refractivity contribution >= 4 is 17.7 Å². The van der Waals surface area contributed by atoms with E-state index in [9.17, 15) is 14.4 Å². The van der Waals surface area contributed by atoms with Crippen LogP contribution in [0, 0.1) is 0 Å². The first-order valence-corrected chi connectivity index (χ1v) is 4.59. The number of esters is 2. The number of ether oxygens (including phenoxy) is 2. The largest absolute Gasteiger partial charge is 0.463 e. The second-order valence-corrected chi connectivity index (χ2v) is 2.59. The minimum Gasteiger partial charge on any atom is -0.463 e. The van der Waals surface area contributed by atoms with Crippen molar-refractivity contribution in [2.45, 2.75) is 20.8 Å². The molecule has 0 unspecified atom stereocenters. The molecule has 0 saturated carbocycles. The first kappa shape index (κ1) is 13.4. The highest BCUT2D eigenvalue weighted by Gasteiger charge is 2.17. The van der Waals surface area contributed by atoms with Gasteiger partial charge >= 0.3 is 11.9 Å². The van der Waals surface area contributed by atoms with Gasteiger partial charge in [-0.3, -0.25) is 4.79 Å². The molecule has 0 N–H and O–H groups in total. The van der Waals surface area contributed by atoms with Crippen molar-refractivity contribution in [2.24, 2.45) is 0 Å². The number of hydrogen-bond donors (Lipinski definition) is 0. The first-order valence-electron chi connectivity index (χ1n) is 4.59. The second kappa shape index (κ2) is 6.75. The van der Waals surface area contributed by atoms with E-state index in [2.05, 4.69) is 9.47 Å². The molecule has 5 nitrogen and oxygen atoms in total. The lowest BCUT2D eigenvalue weighted by molar-refractivity contribution is -0.142. The highest BCUT2D eigenvalue weighted by atomic mass is 16.5. The van der Waals surface area contributed by atoms with E-state index < -0.39 is 17.7 Å². The Hall–Kier alpha value is -1.65. The summed E-state index contributed by atoms with van der Waals surface area (Å²) in [5, 5.41) is 0. The summed E-state index contributed by atoms with van der Waals surface area (Å²) in [6.45, 7) is 4.75. The molecule has 0 aliphatic heterocycles. The number of rotatable bonds is 5. The number of ketones is 1. The molecule has 15 heavy (non-hydrogen) atoms. The van der Waals surface area contributed by atoms with Gasteiger partial charge in [0.2, 0.25) is 0 Å². The minimum atomic E-state index is -0.807. The monoisotopic (exact) mass is 214 g/mol. The molecule has 0 rings (SSSR count). The van der Waals surface area contributed by atoms with Crippen LogP contribution >= 0.6 is 0 Å². The molecule has 0 aliphatic carbocycles. The van der Waals surface area contributed by atoms with Gasteiger partial charge in [0, 0.05) is 6.08 Å². The summed E-state index contributed by atoms with van der Waals surface area (Å²) in [5.74, 6) is -2.06. The summed E-state index contributed by atoms with van der Waals surface area (Å²) < 4.78 is 9.18. The van der Waals surface area contributed by atoms with E-state index in [0.29, 0.717) is 0 Å². The third-order valence-electron chi connectivity index (χ3n) is 1.42. The van der Waals surface area contributed by atoms with Crippen LogP contribution in [0.5, 0.6) is 0 Å². The average molecular weight is 214 g/mol. The Kier molecular flexibility index (Phi) is 6.01. The fourth-order valence-corrected chi connectivity index (χ4v) is 0.815. The second-order valence-electron chi connectivity index (χ2n) is 2.59. The van der Waals surface area contributed by atoms with Gasteiger partial charge in [0.1, 0.15) is 5.57 Å². The van der Waals surface area contributed by atoms with Crippen molar-refractivity contribution in [3.8, 4) is 0 Å². The van der Waals surface area contributed by atoms with Gasteiger partial charge in [0.25, 0.3) is 0 Å². The molecule has 0 heterocycles. The first-order chi connectivity index (χ1) is 7.02. The van der Waals surface area contributed by atoms with Crippen molar-refractivity contribution in [3.05, 3.63) is 11.6 Å². The molecule has 84 valence electrons. The van der Waals surface area contributed by atoms with Crippen LogP contribution in [0.1, 0.15) is 20.8 Å². The van der Waals surface area contributed by atoms with Gasteiger partial charge in [0.05, 0.1) is 13.2 Å². The molecular weight excluding hydrogens is 200 g/mol. The van der Waals surface area contributed by atoms with Crippen LogP contribution in [0.4, 0.5) is 0 Å². The standard InChI is InChI=1S/C10H14O5/c1-4-14-9(12)6-8(7(3)11)10(13)15-5-2/h6H,4-5H2,1-3H3. The highest BCUT2D eigenvalue weighted by molar-refractivity contribution is 6.19. The normalized spacial score (nSPS) is 10.7. The van der Waals surface area contributed by atoms with Crippen LogP contribution in [0.15, 0.2) is 11.6 Å². The van der Waals surface area contributed by atoms with Gasteiger partial charge in [-0.15, -0.1) is 0 Å². The summed E-state index contributed by atoms with van der Waals surface area (Å²) >= 11 is 0. The molecule has 0 atom stereocenters. The maximum Gasteiger partial charge on any atom is 0.342 e. The van der Waals surface area contributed by atoms with Gasteiger partial charge < -0.3 is 9.47 Å². The Balaban J connectivity index is 4.73. The van der Waals surface area contributed by atoms with E-state index in [1.165, 1.54) is 6.92 Å². The van der Waals surface area contributed by atoms with Crippen molar-refractivity contribution in [1.29, 1.82) is 0 Å². The SMILES string of the molecule is CCOC(=O)C=C(C(C)=O)C(=O)OCC. The van der Waals surface area contributed by atoms with Gasteiger partial charge in [-0.25, -0.2) is 9.59 Å². The molecule has 0 bridgehead atoms. The maximum absolute atomic E-state index is 11.2. The smallest absolute Gasteiger partial charge is 0.342 e. The number of carbonyl (C=O) groups excluding carboxylic acids is 3. The molecule has 0 aromatic rings. The Morgan fingerprint density at radius 2 is 1.60 bits per heavy atom. The molecule has 0 aliphatic rings. The van der Waals surface area contributed by atoms with Crippen molar-refractivity contribution in [3.63, 3.8) is 0 Å². The van der Waals surface area contributed by atoms with Crippen LogP contribution < -0.4 is 0 Å². The predicted molar refractivity (Wildman–Crippen MR) is 52.0 cm³/mol. The molecule has 0 fully saturated rings. The van der Waals surface area contributed by atoms with Crippen molar-refractivity contribution in [2.75, 3.05) is 13.2 Å². The lowest BCUT2D eigenvalue weighted by Crippen LogP contribution is -2.16. The zero-order valence-electron chi connectivity index (χ0n) is 9.03. The van der Waals surface area contributed by atoms with E-state index in [-0.39, 0.29) is 18.8 Å².